The molecular weight excluding hydrogens is 332 g/mol. The Hall–Kier alpha value is -1.77. The summed E-state index contributed by atoms with van der Waals surface area (Å²) in [6.07, 6.45) is 0.424. The lowest BCUT2D eigenvalue weighted by Gasteiger charge is -2.30. The summed E-state index contributed by atoms with van der Waals surface area (Å²) in [6.45, 7) is 2.10. The molecule has 1 saturated heterocycles. The maximum atomic E-state index is 12.1. The summed E-state index contributed by atoms with van der Waals surface area (Å²) in [5.41, 5.74) is 2.88. The van der Waals surface area contributed by atoms with Crippen molar-refractivity contribution in [3.8, 4) is 0 Å². The Balaban J connectivity index is 1.73. The van der Waals surface area contributed by atoms with Gasteiger partial charge >= 0.3 is 6.09 Å². The zero-order valence-corrected chi connectivity index (χ0v) is 14.3. The fourth-order valence-corrected chi connectivity index (χ4v) is 4.30. The molecule has 2 aliphatic rings. The molecule has 0 aliphatic carbocycles. The van der Waals surface area contributed by atoms with Crippen LogP contribution in [-0.4, -0.2) is 51.8 Å². The number of rotatable bonds is 3. The van der Waals surface area contributed by atoms with Crippen molar-refractivity contribution in [3.63, 3.8) is 0 Å². The van der Waals surface area contributed by atoms with Crippen molar-refractivity contribution in [1.29, 1.82) is 0 Å². The molecule has 1 fully saturated rings. The van der Waals surface area contributed by atoms with Gasteiger partial charge in [-0.1, -0.05) is 6.07 Å². The SMILES string of the molecule is CC(=O)NC[C@H]1CN(c2ccc3c(c2)CCS(O)(O)CC3)C(=O)O1. The molecular formula is C16H22N2O5S. The predicted octanol–water partition coefficient (Wildman–Crippen LogP) is 2.00. The van der Waals surface area contributed by atoms with Crippen molar-refractivity contribution in [2.45, 2.75) is 25.9 Å². The summed E-state index contributed by atoms with van der Waals surface area (Å²) in [5, 5.41) is 2.65. The van der Waals surface area contributed by atoms with Crippen LogP contribution in [0.3, 0.4) is 0 Å². The molecule has 2 amide bonds. The standard InChI is InChI=1S/C16H22N2O5S/c1-11(19)17-9-15-10-18(16(20)23-15)14-3-2-12-4-6-24(21,22)7-5-13(12)8-14/h2-3,8,15,21-22H,4-7,9-10H2,1H3,(H,17,19)/t15-/m0/s1. The number of carbonyl (C=O) groups is 2. The molecule has 24 heavy (non-hydrogen) atoms. The minimum Gasteiger partial charge on any atom is -0.442 e. The minimum absolute atomic E-state index is 0.159. The first-order chi connectivity index (χ1) is 11.3. The summed E-state index contributed by atoms with van der Waals surface area (Å²) >= 11 is 0. The van der Waals surface area contributed by atoms with E-state index in [1.807, 2.05) is 18.2 Å². The third-order valence-corrected chi connectivity index (χ3v) is 6.07. The van der Waals surface area contributed by atoms with E-state index in [1.54, 1.807) is 4.90 Å². The van der Waals surface area contributed by atoms with Gasteiger partial charge in [0.05, 0.1) is 13.1 Å². The number of aryl methyl sites for hydroxylation is 2. The van der Waals surface area contributed by atoms with Crippen molar-refractivity contribution in [2.75, 3.05) is 29.5 Å². The molecule has 0 unspecified atom stereocenters. The van der Waals surface area contributed by atoms with Crippen LogP contribution in [0.5, 0.6) is 0 Å². The second-order valence-electron chi connectivity index (χ2n) is 6.22. The van der Waals surface area contributed by atoms with Crippen LogP contribution >= 0.6 is 10.6 Å². The van der Waals surface area contributed by atoms with Gasteiger partial charge < -0.3 is 10.1 Å². The van der Waals surface area contributed by atoms with Gasteiger partial charge in [-0.2, -0.15) is 10.6 Å². The summed E-state index contributed by atoms with van der Waals surface area (Å²) < 4.78 is 25.1. The number of hydrogen-bond acceptors (Lipinski definition) is 5. The topological polar surface area (TPSA) is 99.1 Å². The van der Waals surface area contributed by atoms with E-state index < -0.39 is 16.7 Å². The smallest absolute Gasteiger partial charge is 0.414 e. The van der Waals surface area contributed by atoms with Crippen molar-refractivity contribution >= 4 is 28.3 Å². The van der Waals surface area contributed by atoms with E-state index >= 15 is 0 Å². The molecule has 0 spiro atoms. The quantitative estimate of drug-likeness (QED) is 0.771. The molecule has 3 N–H and O–H groups in total. The fourth-order valence-electron chi connectivity index (χ4n) is 3.00. The Bertz CT molecular complexity index is 664. The highest BCUT2D eigenvalue weighted by molar-refractivity contribution is 8.24. The van der Waals surface area contributed by atoms with E-state index in [-0.39, 0.29) is 12.0 Å². The number of benzene rings is 1. The molecule has 0 bridgehead atoms. The Labute approximate surface area is 142 Å². The highest BCUT2D eigenvalue weighted by atomic mass is 32.3. The van der Waals surface area contributed by atoms with Gasteiger partial charge in [-0.05, 0) is 36.1 Å². The van der Waals surface area contributed by atoms with Crippen LogP contribution in [0.4, 0.5) is 10.5 Å². The van der Waals surface area contributed by atoms with E-state index in [2.05, 4.69) is 5.32 Å². The number of anilines is 1. The number of fused-ring (bicyclic) bond motifs is 1. The van der Waals surface area contributed by atoms with Gasteiger partial charge in [-0.25, -0.2) is 4.79 Å². The van der Waals surface area contributed by atoms with Gasteiger partial charge in [0.15, 0.2) is 0 Å². The Morgan fingerprint density at radius 2 is 2.04 bits per heavy atom. The van der Waals surface area contributed by atoms with Gasteiger partial charge in [0.1, 0.15) is 6.10 Å². The number of hydrogen-bond donors (Lipinski definition) is 3. The normalized spacial score (nSPS) is 23.9. The van der Waals surface area contributed by atoms with Crippen LogP contribution in [0, 0.1) is 0 Å². The average molecular weight is 354 g/mol. The summed E-state index contributed by atoms with van der Waals surface area (Å²) in [6, 6.07) is 5.73. The van der Waals surface area contributed by atoms with Crippen LogP contribution < -0.4 is 10.2 Å². The van der Waals surface area contributed by atoms with Crippen molar-refractivity contribution in [2.24, 2.45) is 0 Å². The number of cyclic esters (lactones) is 1. The molecule has 7 nitrogen and oxygen atoms in total. The van der Waals surface area contributed by atoms with Crippen molar-refractivity contribution in [3.05, 3.63) is 29.3 Å². The van der Waals surface area contributed by atoms with Crippen LogP contribution in [0.15, 0.2) is 18.2 Å². The first kappa shape index (κ1) is 17.1. The van der Waals surface area contributed by atoms with Gasteiger partial charge in [-0.3, -0.25) is 18.8 Å². The maximum Gasteiger partial charge on any atom is 0.414 e. The highest BCUT2D eigenvalue weighted by Gasteiger charge is 2.32. The van der Waals surface area contributed by atoms with Crippen LogP contribution in [0.1, 0.15) is 18.1 Å². The Morgan fingerprint density at radius 3 is 2.75 bits per heavy atom. The summed E-state index contributed by atoms with van der Waals surface area (Å²) in [5.74, 6) is 0.594. The fraction of sp³-hybridized carbons (Fsp3) is 0.500. The zero-order chi connectivity index (χ0) is 17.3. The van der Waals surface area contributed by atoms with Gasteiger partial charge in [-0.15, -0.1) is 0 Å². The van der Waals surface area contributed by atoms with E-state index in [0.29, 0.717) is 37.4 Å². The van der Waals surface area contributed by atoms with E-state index in [4.69, 9.17) is 4.74 Å². The van der Waals surface area contributed by atoms with Crippen molar-refractivity contribution in [1.82, 2.24) is 5.32 Å². The minimum atomic E-state index is -2.50. The molecule has 1 aromatic rings. The third kappa shape index (κ3) is 3.82. The molecule has 0 saturated carbocycles. The number of amides is 2. The highest BCUT2D eigenvalue weighted by Crippen LogP contribution is 2.42. The lowest BCUT2D eigenvalue weighted by Crippen LogP contribution is -2.33. The number of nitrogens with zero attached hydrogens (tertiary/aromatic N) is 1. The predicted molar refractivity (Wildman–Crippen MR) is 92.7 cm³/mol. The van der Waals surface area contributed by atoms with Crippen LogP contribution in [-0.2, 0) is 22.4 Å². The molecule has 2 heterocycles. The zero-order valence-electron chi connectivity index (χ0n) is 13.5. The van der Waals surface area contributed by atoms with Gasteiger partial charge in [0, 0.05) is 24.1 Å². The molecule has 0 aromatic heterocycles. The molecule has 1 atom stereocenters. The first-order valence-electron chi connectivity index (χ1n) is 7.92. The van der Waals surface area contributed by atoms with E-state index in [9.17, 15) is 18.7 Å². The molecule has 3 rings (SSSR count). The second-order valence-corrected chi connectivity index (χ2v) is 8.64. The lowest BCUT2D eigenvalue weighted by atomic mass is 10.0. The maximum absolute atomic E-state index is 12.1. The molecule has 1 aromatic carbocycles. The molecule has 8 heteroatoms. The monoisotopic (exact) mass is 354 g/mol. The first-order valence-corrected chi connectivity index (χ1v) is 9.80. The van der Waals surface area contributed by atoms with Gasteiger partial charge in [0.2, 0.25) is 5.91 Å². The van der Waals surface area contributed by atoms with E-state index in [0.717, 1.165) is 16.8 Å². The largest absolute Gasteiger partial charge is 0.442 e. The number of carbonyl (C=O) groups excluding carboxylic acids is 2. The molecule has 2 aliphatic heterocycles. The molecule has 132 valence electrons. The average Bonchev–Trinajstić information content (AvgIpc) is 2.82. The summed E-state index contributed by atoms with van der Waals surface area (Å²) in [7, 11) is -2.50. The van der Waals surface area contributed by atoms with Crippen LogP contribution in [0.25, 0.3) is 0 Å². The van der Waals surface area contributed by atoms with Crippen molar-refractivity contribution < 1.29 is 23.4 Å². The Kier molecular flexibility index (Phi) is 4.71. The van der Waals surface area contributed by atoms with Gasteiger partial charge in [0.25, 0.3) is 0 Å². The van der Waals surface area contributed by atoms with E-state index in [1.165, 1.54) is 6.92 Å². The number of nitrogens with one attached hydrogen (secondary N) is 1. The number of ether oxygens (including phenoxy) is 1. The second kappa shape index (κ2) is 6.62. The summed E-state index contributed by atoms with van der Waals surface area (Å²) in [4.78, 5) is 24.6. The lowest BCUT2D eigenvalue weighted by molar-refractivity contribution is -0.119. The van der Waals surface area contributed by atoms with Crippen LogP contribution in [0.2, 0.25) is 0 Å². The molecule has 0 radical (unpaired) electrons. The Morgan fingerprint density at radius 1 is 1.33 bits per heavy atom. The third-order valence-electron chi connectivity index (χ3n) is 4.35.